The van der Waals surface area contributed by atoms with Crippen LogP contribution in [0.4, 0.5) is 0 Å². The van der Waals surface area contributed by atoms with Gasteiger partial charge in [-0.1, -0.05) is 0 Å². The number of hydrogen-bond acceptors (Lipinski definition) is 3. The summed E-state index contributed by atoms with van der Waals surface area (Å²) in [6.07, 6.45) is 3.10. The van der Waals surface area contributed by atoms with E-state index in [2.05, 4.69) is 21.2 Å². The molecule has 1 radical (unpaired) electrons. The Morgan fingerprint density at radius 1 is 1.86 bits per heavy atom. The quantitative estimate of drug-likeness (QED) is 0.522. The summed E-state index contributed by atoms with van der Waals surface area (Å²) in [5, 5.41) is 0. The Bertz CT molecular complexity index is 124. The molecule has 0 spiro atoms. The molecule has 1 heterocycles. The molecule has 0 amide bonds. The molecule has 1 rings (SSSR count). The molecule has 3 heteroatoms. The summed E-state index contributed by atoms with van der Waals surface area (Å²) in [5.41, 5.74) is 0. The zero-order valence-electron chi connectivity index (χ0n) is 3.63. The second-order valence-corrected chi connectivity index (χ2v) is 0.942. The Morgan fingerprint density at radius 3 is 3.00 bits per heavy atom. The first-order chi connectivity index (χ1) is 3.43. The highest BCUT2D eigenvalue weighted by molar-refractivity contribution is 4.83. The summed E-state index contributed by atoms with van der Waals surface area (Å²) in [6, 6.07) is 0. The topological polar surface area (TPSA) is 35.3 Å². The molecule has 3 nitrogen and oxygen atoms in total. The van der Waals surface area contributed by atoms with E-state index >= 15 is 0 Å². The van der Waals surface area contributed by atoms with Crippen molar-refractivity contribution in [3.63, 3.8) is 0 Å². The lowest BCUT2D eigenvalue weighted by atomic mass is 11.0. The highest BCUT2D eigenvalue weighted by Gasteiger charge is 1.87. The lowest BCUT2D eigenvalue weighted by Gasteiger charge is -1.82. The van der Waals surface area contributed by atoms with Gasteiger partial charge in [0.2, 0.25) is 0 Å². The molecule has 0 N–H and O–H groups in total. The van der Waals surface area contributed by atoms with Gasteiger partial charge in [0, 0.05) is 0 Å². The van der Waals surface area contributed by atoms with Gasteiger partial charge in [-0.05, 0) is 0 Å². The van der Waals surface area contributed by atoms with Crippen molar-refractivity contribution in [3.8, 4) is 6.08 Å². The Balaban J connectivity index is 2.76. The number of hydrogen-bond donors (Lipinski definition) is 0. The highest BCUT2D eigenvalue weighted by atomic mass is 16.6. The fourth-order valence-electron chi connectivity index (χ4n) is 0.282. The van der Waals surface area contributed by atoms with Crippen LogP contribution in [0.2, 0.25) is 0 Å². The van der Waals surface area contributed by atoms with Crippen LogP contribution in [-0.2, 0) is 0 Å². The Labute approximate surface area is 40.9 Å². The first-order valence-electron chi connectivity index (χ1n) is 1.75. The number of nitrogens with zero attached hydrogens (tertiary/aromatic N) is 1. The van der Waals surface area contributed by atoms with Crippen LogP contribution in [0.1, 0.15) is 0 Å². The number of ether oxygens (including phenoxy) is 1. The summed E-state index contributed by atoms with van der Waals surface area (Å²) in [7, 11) is 3.07. The van der Waals surface area contributed by atoms with Gasteiger partial charge in [-0.3, -0.25) is 0 Å². The van der Waals surface area contributed by atoms with Crippen molar-refractivity contribution in [3.05, 3.63) is 19.6 Å². The third-order valence-electron chi connectivity index (χ3n) is 0.533. The van der Waals surface area contributed by atoms with E-state index in [1.165, 1.54) is 12.5 Å². The van der Waals surface area contributed by atoms with Crippen molar-refractivity contribution < 1.29 is 9.15 Å². The fourth-order valence-corrected chi connectivity index (χ4v) is 0.282. The van der Waals surface area contributed by atoms with Crippen LogP contribution in [-0.4, -0.2) is 4.98 Å². The summed E-state index contributed by atoms with van der Waals surface area (Å²) in [6.45, 7) is 0. The van der Waals surface area contributed by atoms with E-state index in [0.29, 0.717) is 0 Å². The van der Waals surface area contributed by atoms with Crippen LogP contribution >= 0.6 is 0 Å². The van der Waals surface area contributed by atoms with Crippen molar-refractivity contribution in [2.75, 3.05) is 0 Å². The molecular formula is C4H4NO2. The van der Waals surface area contributed by atoms with E-state index in [0.717, 1.165) is 0 Å². The van der Waals surface area contributed by atoms with Crippen molar-refractivity contribution in [1.82, 2.24) is 4.98 Å². The molecule has 0 bridgehead atoms. The SMILES string of the molecule is [CH2]Oc1ncco1. The highest BCUT2D eigenvalue weighted by Crippen LogP contribution is 2.01. The minimum Gasteiger partial charge on any atom is -0.447 e. The molecule has 0 saturated heterocycles. The van der Waals surface area contributed by atoms with Gasteiger partial charge < -0.3 is 9.15 Å². The van der Waals surface area contributed by atoms with Crippen molar-refractivity contribution >= 4 is 0 Å². The molecule has 0 aliphatic rings. The number of rotatable bonds is 1. The Kier molecular flexibility index (Phi) is 0.978. The normalized spacial score (nSPS) is 8.71. The average molecular weight is 98.1 g/mol. The molecule has 1 aromatic heterocycles. The summed E-state index contributed by atoms with van der Waals surface area (Å²) >= 11 is 0. The molecule has 0 aliphatic carbocycles. The summed E-state index contributed by atoms with van der Waals surface area (Å²) in [5.74, 6) is 0. The lowest BCUT2D eigenvalue weighted by molar-refractivity contribution is 0.324. The third-order valence-corrected chi connectivity index (χ3v) is 0.533. The van der Waals surface area contributed by atoms with Gasteiger partial charge in [-0.25, -0.2) is 0 Å². The molecule has 0 atom stereocenters. The molecule has 0 fully saturated rings. The maximum Gasteiger partial charge on any atom is 0.393 e. The zero-order valence-corrected chi connectivity index (χ0v) is 3.63. The maximum atomic E-state index is 4.59. The van der Waals surface area contributed by atoms with Crippen LogP contribution < -0.4 is 4.74 Å². The van der Waals surface area contributed by atoms with Gasteiger partial charge >= 0.3 is 6.08 Å². The van der Waals surface area contributed by atoms with Crippen molar-refractivity contribution in [1.29, 1.82) is 0 Å². The van der Waals surface area contributed by atoms with Gasteiger partial charge in [0.25, 0.3) is 0 Å². The molecule has 37 valence electrons. The van der Waals surface area contributed by atoms with Crippen LogP contribution in [0.25, 0.3) is 0 Å². The Morgan fingerprint density at radius 2 is 2.71 bits per heavy atom. The molecular weight excluding hydrogens is 94.0 g/mol. The van der Waals surface area contributed by atoms with Crippen LogP contribution in [0.3, 0.4) is 0 Å². The van der Waals surface area contributed by atoms with Gasteiger partial charge in [0.1, 0.15) is 13.4 Å². The average Bonchev–Trinajstić information content (AvgIpc) is 2.14. The van der Waals surface area contributed by atoms with E-state index in [9.17, 15) is 0 Å². The second-order valence-electron chi connectivity index (χ2n) is 0.942. The van der Waals surface area contributed by atoms with Gasteiger partial charge in [-0.15, -0.1) is 0 Å². The summed E-state index contributed by atoms with van der Waals surface area (Å²) < 4.78 is 8.91. The smallest absolute Gasteiger partial charge is 0.393 e. The van der Waals surface area contributed by atoms with Crippen LogP contribution in [0, 0.1) is 7.11 Å². The molecule has 1 aromatic rings. The molecule has 7 heavy (non-hydrogen) atoms. The van der Waals surface area contributed by atoms with Gasteiger partial charge in [0.05, 0.1) is 6.20 Å². The predicted octanol–water partition coefficient (Wildman–Crippen LogP) is 0.845. The summed E-state index contributed by atoms with van der Waals surface area (Å²) in [4.78, 5) is 3.58. The molecule has 0 aromatic carbocycles. The zero-order chi connectivity index (χ0) is 5.11. The van der Waals surface area contributed by atoms with Gasteiger partial charge in [0.15, 0.2) is 0 Å². The van der Waals surface area contributed by atoms with Crippen molar-refractivity contribution in [2.45, 2.75) is 0 Å². The van der Waals surface area contributed by atoms with Gasteiger partial charge in [-0.2, -0.15) is 4.98 Å². The second kappa shape index (κ2) is 1.64. The minimum atomic E-state index is 0.194. The maximum absolute atomic E-state index is 4.59. The monoisotopic (exact) mass is 98.0 g/mol. The van der Waals surface area contributed by atoms with E-state index in [-0.39, 0.29) is 6.08 Å². The van der Waals surface area contributed by atoms with E-state index in [1.807, 2.05) is 0 Å². The molecule has 0 saturated carbocycles. The minimum absolute atomic E-state index is 0.194. The van der Waals surface area contributed by atoms with E-state index in [1.54, 1.807) is 0 Å². The first kappa shape index (κ1) is 4.18. The van der Waals surface area contributed by atoms with Crippen molar-refractivity contribution in [2.24, 2.45) is 0 Å². The first-order valence-corrected chi connectivity index (χ1v) is 1.75. The largest absolute Gasteiger partial charge is 0.447 e. The third kappa shape index (κ3) is 0.707. The van der Waals surface area contributed by atoms with E-state index < -0.39 is 0 Å². The number of oxazole rings is 1. The fraction of sp³-hybridized carbons (Fsp3) is 0. The van der Waals surface area contributed by atoms with Crippen LogP contribution in [0.5, 0.6) is 6.08 Å². The van der Waals surface area contributed by atoms with E-state index in [4.69, 9.17) is 0 Å². The standard InChI is InChI=1S/C4H4NO2/c1-6-4-5-2-3-7-4/h2-3H,1H2. The Hall–Kier alpha value is -0.990. The number of aromatic nitrogens is 1. The predicted molar refractivity (Wildman–Crippen MR) is 22.5 cm³/mol. The molecule has 0 unspecified atom stereocenters. The molecule has 0 aliphatic heterocycles. The van der Waals surface area contributed by atoms with Crippen LogP contribution in [0.15, 0.2) is 16.9 Å². The lowest BCUT2D eigenvalue weighted by Crippen LogP contribution is -1.74.